The van der Waals surface area contributed by atoms with Gasteiger partial charge in [0.1, 0.15) is 0 Å². The van der Waals surface area contributed by atoms with Crippen molar-refractivity contribution in [1.82, 2.24) is 0 Å². The molecule has 38 heterocycles. The Balaban J connectivity index is 0.0000000710. The fraction of sp³-hybridized carbons (Fsp3) is 0. The highest BCUT2D eigenvalue weighted by Gasteiger charge is 3.05. The molecule has 0 amide bonds. The molecule has 38 aliphatic rings. The summed E-state index contributed by atoms with van der Waals surface area (Å²) in [6.07, 6.45) is -2.77. The van der Waals surface area contributed by atoms with Crippen LogP contribution < -0.4 is 0 Å². The summed E-state index contributed by atoms with van der Waals surface area (Å²) in [4.78, 5) is 0. The van der Waals surface area contributed by atoms with Crippen molar-refractivity contribution in [3.63, 3.8) is 0 Å². The first-order chi connectivity index (χ1) is 54.5. The molecule has 588 valence electrons. The maximum absolute atomic E-state index is 6.10. The van der Waals surface area contributed by atoms with Crippen molar-refractivity contribution >= 4 is 882 Å². The summed E-state index contributed by atoms with van der Waals surface area (Å²) in [7, 11) is 71.2. The smallest absolute Gasteiger partial charge is 0.201 e. The van der Waals surface area contributed by atoms with Gasteiger partial charge in [-0.05, 0) is 677 Å². The van der Waals surface area contributed by atoms with Crippen LogP contribution >= 0.6 is 99.6 Å². The molecule has 0 aromatic heterocycles. The Morgan fingerprint density at radius 2 is 0.396 bits per heavy atom. The first-order valence-electron chi connectivity index (χ1n) is 51.0. The third kappa shape index (κ3) is 13.1. The van der Waals surface area contributed by atoms with E-state index in [0.29, 0.717) is 276 Å². The summed E-state index contributed by atoms with van der Waals surface area (Å²) in [6.45, 7) is 5.59. The van der Waals surface area contributed by atoms with Crippen LogP contribution in [-0.4, -0.2) is 782 Å². The van der Waals surface area contributed by atoms with Gasteiger partial charge in [-0.3, -0.25) is 0 Å². The van der Waals surface area contributed by atoms with E-state index in [9.17, 15) is 0 Å². The highest BCUT2D eigenvalue weighted by atomic mass is 36.5. The van der Waals surface area contributed by atoms with Crippen molar-refractivity contribution in [2.24, 2.45) is 0 Å². The number of hydrogen-bond acceptors (Lipinski definition) is 0. The van der Waals surface area contributed by atoms with Crippen LogP contribution in [0.4, 0.5) is 0 Å². The molecule has 0 aromatic rings. The molecule has 0 bridgehead atoms. The minimum absolute atomic E-state index is 0. The van der Waals surface area contributed by atoms with Crippen molar-refractivity contribution in [1.29, 1.82) is 0 Å². The second-order valence-electron chi connectivity index (χ2n) is 49.6. The second-order valence-corrected chi connectivity index (χ2v) is 961. The molecule has 0 spiro atoms. The standard InChI is InChI=1S/B2H22Si11.B2H20Si10.B2H18Si9.BCl7H2Si4.BH13Si13.BH11Si11.BH9Si9.BH7Si7.BH5Si5.BH10Si5.BH8Si4.Cl2.3H2/c3(1-4-8-12-9-5-1)2-6-10-13-11-7-2;3(1-4-8-9-5-1)2-6-10-12-11-7-2;3(1-4-8-9-5-1)2-6-10-11-7-2;2-1-9-11(5,6)12(7,8)10(1,3)4;1-2-5-3(1)7-9(5)13-11(7)12-8-4(1)6(2)10(8)14(12)13;1-2-5-3(1)7-9(5)12-10-6(2)4(1)8(10)11(7)12;1-2-5-3(1)7-8-4(1)6(2)10(8)9(5)7;1-2-5-3(1)7-4(1)6(2)8(5)7;1-2-3(1)6-4(1)5(2)6;1-2-4-6-5-3-1;1-2-4-5-3-1;1-2;;;/h3-13H2;3-12H2;3-11H2;9H2;2-14H;2-12H;2-10H;2-8H;2-6H;2-6H2;2-5H2;;3*1H. The normalized spacial score (nSPS) is 67.5. The molecule has 0 nitrogen and oxygen atoms in total. The Morgan fingerprint density at radius 3 is 0.577 bits per heavy atom. The first kappa shape index (κ1) is 91.1. The maximum Gasteiger partial charge on any atom is 0.286 e. The van der Waals surface area contributed by atoms with E-state index in [1.54, 1.807) is 16.5 Å². The summed E-state index contributed by atoms with van der Waals surface area (Å²) in [6, 6.07) is 0. The molecule has 111 heteroatoms. The number of halogens is 9. The monoisotopic (exact) mass is 3060 g/mol. The number of fused-ring (bicyclic) bond motifs is 54. The van der Waals surface area contributed by atoms with Crippen molar-refractivity contribution < 1.29 is 4.28 Å². The zero-order chi connectivity index (χ0) is 73.1. The van der Waals surface area contributed by atoms with Crippen LogP contribution in [0.3, 0.4) is 0 Å². The molecule has 32 unspecified atom stereocenters. The highest BCUT2D eigenvalue weighted by molar-refractivity contribution is 8.80. The molecule has 111 heavy (non-hydrogen) atoms. The van der Waals surface area contributed by atoms with Gasteiger partial charge in [0.15, 0.2) is 0 Å². The topological polar surface area (TPSA) is 0 Å². The molecule has 32 atom stereocenters. The molecule has 0 aliphatic carbocycles. The summed E-state index contributed by atoms with van der Waals surface area (Å²) in [5.74, 6) is 0. The third-order valence-corrected chi connectivity index (χ3v) is 2540. The van der Waals surface area contributed by atoms with Crippen molar-refractivity contribution in [3.8, 4) is 0 Å². The van der Waals surface area contributed by atoms with Crippen LogP contribution in [0.1, 0.15) is 4.28 Å². The van der Waals surface area contributed by atoms with Crippen molar-refractivity contribution in [2.45, 2.75) is 0 Å². The lowest BCUT2D eigenvalue weighted by molar-refractivity contribution is 2.76. The molecular weight excluding hydrogens is 2940 g/mol. The largest absolute Gasteiger partial charge is 0.286 e. The predicted molar refractivity (Wildman–Crippen MR) is 820 cm³/mol. The van der Waals surface area contributed by atoms with Crippen LogP contribution in [0, 0.1) is 0 Å². The SMILES string of the molecule is B12[SiH]3[SiH]1[SiH]1[SiH]2[SiH]31.B12[SiH]3[SiH]4[SiH]1[SiH]1[SiH]2[SiH]3[SiH]41.B12[SiH]3[SiH]4[SiH]1[SiH]1[SiH]4[SiH]4[SiH]1[SiH]1[SiH]5[SiH]2[SiH]3[SiH]5[SiH]14.B12[SiH]3[SiH]4[SiH]1[SiH]1[SiH]4[SiH]4[SiH]5[SiH]3[SiH]2[SiH]5[SiH]14.B12[SiH]3[SiH]4[SiH]1[SiH]1[SiH]5[SiH]2[SiH]3[SiH]5[SiH]41.ClB1[SiH2][Si](Cl)(Cl)[Si](Cl)(Cl)[Si]1(Cl)Cl.ClCl.[B]1[SiH2][SiH2][SiH2][SiH2]1.[B]1[SiH2][SiH2][SiH2][SiH2][SiH2]1.[HH].[HH].[HH].[SiH2]1[SiH2][SiH2]B([SiH2]B2[SiH2][SiH2][SiH2][SiH2]2)[SiH2]1.[SiH2]1[SiH2][SiH2]B([SiH2]B2[SiH2][SiH2][SiH2][SiH2]2)[SiH2][SiH2]1.[SiH2]1[SiH2][SiH2]B([SiH2]B2[SiH2][SiH2][SiH2][SiH2][SiH2]2)[SiH2][SiH2]1. The van der Waals surface area contributed by atoms with E-state index in [4.69, 9.17) is 77.9 Å². The molecule has 0 N–H and O–H groups in total. The van der Waals surface area contributed by atoms with E-state index in [-0.39, 0.29) is 9.59 Å². The predicted octanol–water partition coefficient (Wildman–Crippen LogP) is -65.4. The van der Waals surface area contributed by atoms with E-state index in [0.717, 1.165) is 401 Å². The van der Waals surface area contributed by atoms with E-state index in [1.807, 2.05) is 27.4 Å². The van der Waals surface area contributed by atoms with Gasteiger partial charge in [-0.25, -0.2) is 11.5 Å². The average molecular weight is 3070 g/mol. The number of hydrogen-bond donors (Lipinski definition) is 0. The molecule has 0 saturated carbocycles. The summed E-state index contributed by atoms with van der Waals surface area (Å²) in [5.41, 5.74) is 15.7. The lowest BCUT2D eigenvalue weighted by atomic mass is 10.6. The Hall–Kier alpha value is 22.6. The van der Waals surface area contributed by atoms with Crippen LogP contribution in [0.25, 0.3) is 0 Å². The minimum Gasteiger partial charge on any atom is -0.201 e. The minimum atomic E-state index is -2.84. The van der Waals surface area contributed by atoms with Crippen LogP contribution in [0.2, 0.25) is 0 Å². The molecule has 38 saturated heterocycles. The Morgan fingerprint density at radius 1 is 0.225 bits per heavy atom. The van der Waals surface area contributed by atoms with Gasteiger partial charge in [0.05, 0.1) is 73.3 Å². The number of rotatable bonds is 6. The lowest BCUT2D eigenvalue weighted by Crippen LogP contribution is -3.38. The molecule has 38 rings (SSSR count). The summed E-state index contributed by atoms with van der Waals surface area (Å²) in [5, 5.41) is -0.274. The Labute approximate surface area is 867 Å². The summed E-state index contributed by atoms with van der Waals surface area (Å²) < 4.78 is 0. The third-order valence-electron chi connectivity index (χ3n) is 48.7. The lowest BCUT2D eigenvalue weighted by Gasteiger charge is -3.00. The highest BCUT2D eigenvalue weighted by Crippen LogP contribution is 2.67. The van der Waals surface area contributed by atoms with E-state index < -0.39 is 26.4 Å². The zero-order valence-corrected chi connectivity index (χ0v) is 186. The quantitative estimate of drug-likeness (QED) is 0.184. The van der Waals surface area contributed by atoms with Gasteiger partial charge in [-0.1, -0.05) is 0 Å². The second kappa shape index (κ2) is 35.7. The average Bonchev–Trinajstić information content (AvgIpc) is 1.36. The van der Waals surface area contributed by atoms with Crippen molar-refractivity contribution in [3.05, 3.63) is 0 Å². The fourth-order valence-electron chi connectivity index (χ4n) is 45.8. The maximum atomic E-state index is 6.10. The zero-order valence-electron chi connectivity index (χ0n) is 67.2. The first-order valence-corrected chi connectivity index (χ1v) is 370. The van der Waals surface area contributed by atoms with Gasteiger partial charge < -0.3 is 0 Å². The van der Waals surface area contributed by atoms with E-state index in [1.165, 1.54) is 0 Å². The van der Waals surface area contributed by atoms with Crippen LogP contribution in [0.5, 0.6) is 0 Å². The molecule has 38 fully saturated rings. The Bertz CT molecular complexity index is 2900. The Kier molecular flexibility index (Phi) is 29.3. The van der Waals surface area contributed by atoms with Gasteiger partial charge >= 0.3 is 0 Å². The van der Waals surface area contributed by atoms with Crippen LogP contribution in [0.15, 0.2) is 0 Å². The molecule has 0 aromatic carbocycles. The van der Waals surface area contributed by atoms with Gasteiger partial charge in [0, 0.05) is 34.9 Å². The van der Waals surface area contributed by atoms with Gasteiger partial charge in [-0.2, -0.15) is 44.3 Å². The van der Waals surface area contributed by atoms with Gasteiger partial charge in [0.2, 0.25) is 5.73 Å². The van der Waals surface area contributed by atoms with Gasteiger partial charge in [-0.15, -0.1) is 22.2 Å². The molecule has 2 radical (unpaired) electrons. The molecular formula is H131B14Cl9Si88. The van der Waals surface area contributed by atoms with E-state index in [2.05, 4.69) is 51.1 Å². The summed E-state index contributed by atoms with van der Waals surface area (Å²) >= 11 is 42.5. The van der Waals surface area contributed by atoms with E-state index >= 15 is 0 Å². The van der Waals surface area contributed by atoms with Gasteiger partial charge in [0.25, 0.3) is 17.1 Å². The fourth-order valence-corrected chi connectivity index (χ4v) is 6180. The van der Waals surface area contributed by atoms with Crippen molar-refractivity contribution in [2.75, 3.05) is 0 Å². The van der Waals surface area contributed by atoms with Crippen LogP contribution in [-0.2, 0) is 0 Å². The molecule has 38 aliphatic heterocycles.